The van der Waals surface area contributed by atoms with Gasteiger partial charge in [-0.05, 0) is 0 Å². The van der Waals surface area contributed by atoms with Crippen molar-refractivity contribution in [3.8, 4) is 0 Å². The fourth-order valence-corrected chi connectivity index (χ4v) is 3.18. The molecule has 0 fully saturated rings. The summed E-state index contributed by atoms with van der Waals surface area (Å²) in [6.07, 6.45) is 0. The first-order valence-corrected chi connectivity index (χ1v) is 6.60. The van der Waals surface area contributed by atoms with Crippen LogP contribution in [0.3, 0.4) is 0 Å². The van der Waals surface area contributed by atoms with Crippen molar-refractivity contribution in [2.24, 2.45) is 0 Å². The molecular formula is C13H9Se+. The summed E-state index contributed by atoms with van der Waals surface area (Å²) in [6.45, 7) is 0. The summed E-state index contributed by atoms with van der Waals surface area (Å²) in [7, 11) is 0. The Morgan fingerprint density at radius 2 is 1.50 bits per heavy atom. The molecule has 14 heavy (non-hydrogen) atoms. The molecule has 3 rings (SSSR count). The Morgan fingerprint density at radius 1 is 0.714 bits per heavy atom. The van der Waals surface area contributed by atoms with Crippen LogP contribution in [0.25, 0.3) is 21.5 Å². The van der Waals surface area contributed by atoms with Gasteiger partial charge in [0.1, 0.15) is 0 Å². The second kappa shape index (κ2) is 3.20. The van der Waals surface area contributed by atoms with Crippen LogP contribution in [-0.2, 0) is 0 Å². The fourth-order valence-electron chi connectivity index (χ4n) is 1.82. The van der Waals surface area contributed by atoms with E-state index >= 15 is 0 Å². The van der Waals surface area contributed by atoms with Crippen molar-refractivity contribution in [2.45, 2.75) is 0 Å². The Kier molecular flexibility index (Phi) is 1.86. The molecule has 0 amide bonds. The molecular weight excluding hydrogens is 235 g/mol. The molecule has 3 aromatic rings. The molecule has 0 saturated heterocycles. The van der Waals surface area contributed by atoms with E-state index < -0.39 is 0 Å². The Bertz CT molecular complexity index is 544. The quantitative estimate of drug-likeness (QED) is 0.420. The average Bonchev–Trinajstić information content (AvgIpc) is 2.29. The summed E-state index contributed by atoms with van der Waals surface area (Å²) in [5.41, 5.74) is 0. The Labute approximate surface area is 88.6 Å². The van der Waals surface area contributed by atoms with E-state index in [0.717, 1.165) is 0 Å². The van der Waals surface area contributed by atoms with Crippen molar-refractivity contribution in [1.82, 2.24) is 0 Å². The van der Waals surface area contributed by atoms with Crippen molar-refractivity contribution in [2.75, 3.05) is 0 Å². The number of hydrogen-bond donors (Lipinski definition) is 0. The summed E-state index contributed by atoms with van der Waals surface area (Å²) in [4.78, 5) is 4.62. The minimum absolute atomic E-state index is 0.551. The maximum atomic E-state index is 2.34. The van der Waals surface area contributed by atoms with Gasteiger partial charge in [0.15, 0.2) is 0 Å². The van der Waals surface area contributed by atoms with Gasteiger partial charge in [-0.2, -0.15) is 0 Å². The van der Waals surface area contributed by atoms with Crippen molar-refractivity contribution < 1.29 is 0 Å². The van der Waals surface area contributed by atoms with Gasteiger partial charge in [0.25, 0.3) is 0 Å². The third kappa shape index (κ3) is 1.18. The predicted octanol–water partition coefficient (Wildman–Crippen LogP) is 3.33. The normalized spacial score (nSPS) is 10.9. The number of hydrogen-bond acceptors (Lipinski definition) is 0. The Morgan fingerprint density at radius 3 is 2.50 bits per heavy atom. The van der Waals surface area contributed by atoms with Crippen LogP contribution in [0.2, 0.25) is 0 Å². The molecule has 0 unspecified atom stereocenters. The minimum atomic E-state index is 0.551. The van der Waals surface area contributed by atoms with E-state index in [1.807, 2.05) is 0 Å². The zero-order valence-electron chi connectivity index (χ0n) is 7.60. The Balaban J connectivity index is 2.61. The molecule has 2 aromatic carbocycles. The first-order chi connectivity index (χ1) is 6.95. The molecule has 0 spiro atoms. The van der Waals surface area contributed by atoms with Crippen LogP contribution >= 0.6 is 0 Å². The van der Waals surface area contributed by atoms with Gasteiger partial charge >= 0.3 is 88.4 Å². The molecule has 0 radical (unpaired) electrons. The zero-order chi connectivity index (χ0) is 9.38. The molecule has 1 heterocycles. The van der Waals surface area contributed by atoms with Crippen LogP contribution in [-0.4, -0.2) is 14.5 Å². The van der Waals surface area contributed by atoms with E-state index in [1.54, 1.807) is 0 Å². The molecule has 0 aliphatic carbocycles. The van der Waals surface area contributed by atoms with E-state index in [-0.39, 0.29) is 0 Å². The number of benzene rings is 2. The molecule has 1 heteroatoms. The molecule has 0 aliphatic rings. The topological polar surface area (TPSA) is 0 Å². The molecule has 66 valence electrons. The van der Waals surface area contributed by atoms with Gasteiger partial charge in [0.2, 0.25) is 0 Å². The van der Waals surface area contributed by atoms with E-state index in [1.165, 1.54) is 21.5 Å². The molecule has 0 aliphatic heterocycles. The van der Waals surface area contributed by atoms with Gasteiger partial charge in [-0.3, -0.25) is 0 Å². The van der Waals surface area contributed by atoms with Gasteiger partial charge in [-0.25, -0.2) is 0 Å². The summed E-state index contributed by atoms with van der Waals surface area (Å²) >= 11 is 0.551. The third-order valence-corrected chi connectivity index (χ3v) is 3.95. The van der Waals surface area contributed by atoms with Crippen LogP contribution < -0.4 is 0 Å². The average molecular weight is 244 g/mol. The summed E-state index contributed by atoms with van der Waals surface area (Å²) in [5, 5.41) is 5.48. The molecule has 0 N–H and O–H groups in total. The van der Waals surface area contributed by atoms with E-state index in [9.17, 15) is 0 Å². The van der Waals surface area contributed by atoms with Crippen LogP contribution in [0, 0.1) is 0 Å². The monoisotopic (exact) mass is 245 g/mol. The van der Waals surface area contributed by atoms with Crippen molar-refractivity contribution >= 4 is 36.0 Å². The van der Waals surface area contributed by atoms with Crippen LogP contribution in [0.5, 0.6) is 0 Å². The van der Waals surface area contributed by atoms with Crippen molar-refractivity contribution in [1.29, 1.82) is 0 Å². The second-order valence-corrected chi connectivity index (χ2v) is 4.98. The molecule has 1 aromatic heterocycles. The maximum absolute atomic E-state index is 2.34. The van der Waals surface area contributed by atoms with Crippen LogP contribution in [0.15, 0.2) is 52.3 Å². The van der Waals surface area contributed by atoms with Gasteiger partial charge < -0.3 is 0 Å². The Hall–Kier alpha value is -1.17. The fraction of sp³-hybridized carbons (Fsp3) is 0. The van der Waals surface area contributed by atoms with Crippen LogP contribution in [0.1, 0.15) is 0 Å². The number of fused-ring (bicyclic) bond motifs is 3. The number of rotatable bonds is 0. The van der Waals surface area contributed by atoms with Gasteiger partial charge in [0.05, 0.1) is 0 Å². The van der Waals surface area contributed by atoms with Crippen LogP contribution in [0.4, 0.5) is 0 Å². The van der Waals surface area contributed by atoms with Gasteiger partial charge in [0, 0.05) is 0 Å². The third-order valence-electron chi connectivity index (χ3n) is 2.51. The van der Waals surface area contributed by atoms with Crippen molar-refractivity contribution in [3.05, 3.63) is 52.3 Å². The first kappa shape index (κ1) is 8.16. The van der Waals surface area contributed by atoms with E-state index in [0.29, 0.717) is 14.5 Å². The second-order valence-electron chi connectivity index (χ2n) is 3.35. The molecule has 0 nitrogen and oxygen atoms in total. The standard InChI is InChI=1S/C13H9Se/c1-2-4-12-10(3-1)5-6-11-9-14-8-7-13(11)12/h1-9H/q+1. The summed E-state index contributed by atoms with van der Waals surface area (Å²) < 4.78 is 0. The van der Waals surface area contributed by atoms with Crippen molar-refractivity contribution in [3.63, 3.8) is 0 Å². The first-order valence-electron chi connectivity index (χ1n) is 4.62. The van der Waals surface area contributed by atoms with Gasteiger partial charge in [-0.15, -0.1) is 0 Å². The molecule has 0 bridgehead atoms. The summed E-state index contributed by atoms with van der Waals surface area (Å²) in [6, 6.07) is 15.3. The van der Waals surface area contributed by atoms with E-state index in [4.69, 9.17) is 0 Å². The SMILES string of the molecule is c1ccc2c(c1)ccc1c[se+]ccc12. The molecule has 0 atom stereocenters. The van der Waals surface area contributed by atoms with Gasteiger partial charge in [-0.1, -0.05) is 0 Å². The zero-order valence-corrected chi connectivity index (χ0v) is 9.32. The van der Waals surface area contributed by atoms with E-state index in [2.05, 4.69) is 52.3 Å². The summed E-state index contributed by atoms with van der Waals surface area (Å²) in [5.74, 6) is 0. The molecule has 0 saturated carbocycles. The predicted molar refractivity (Wildman–Crippen MR) is 62.8 cm³/mol.